The molecule has 110 valence electrons. The molecule has 20 heavy (non-hydrogen) atoms. The number of carbonyl (C=O) groups excluding carboxylic acids is 1. The first-order valence-corrected chi connectivity index (χ1v) is 8.74. The van der Waals surface area contributed by atoms with E-state index in [1.165, 1.54) is 30.6 Å². The minimum Gasteiger partial charge on any atom is -0.348 e. The van der Waals surface area contributed by atoms with Crippen LogP contribution in [0.5, 0.6) is 0 Å². The largest absolute Gasteiger partial charge is 0.348 e. The molecule has 0 bridgehead atoms. The average Bonchev–Trinajstić information content (AvgIpc) is 3.18. The fourth-order valence-electron chi connectivity index (χ4n) is 3.56. The third kappa shape index (κ3) is 3.41. The fraction of sp³-hybridized carbons (Fsp3) is 0.688. The van der Waals surface area contributed by atoms with E-state index in [-0.39, 0.29) is 11.9 Å². The molecule has 1 saturated heterocycles. The van der Waals surface area contributed by atoms with E-state index in [4.69, 9.17) is 0 Å². The summed E-state index contributed by atoms with van der Waals surface area (Å²) in [7, 11) is 0. The van der Waals surface area contributed by atoms with Gasteiger partial charge in [-0.3, -0.25) is 4.79 Å². The lowest BCUT2D eigenvalue weighted by atomic mass is 9.96. The van der Waals surface area contributed by atoms with Gasteiger partial charge in [-0.05, 0) is 55.6 Å². The highest BCUT2D eigenvalue weighted by molar-refractivity contribution is 7.10. The monoisotopic (exact) mass is 292 g/mol. The van der Waals surface area contributed by atoms with Crippen molar-refractivity contribution in [1.29, 1.82) is 0 Å². The van der Waals surface area contributed by atoms with Crippen molar-refractivity contribution in [2.75, 3.05) is 13.1 Å². The van der Waals surface area contributed by atoms with Crippen LogP contribution in [0.3, 0.4) is 0 Å². The molecule has 2 heterocycles. The minimum absolute atomic E-state index is 0.240. The molecule has 2 fully saturated rings. The molecule has 1 aromatic heterocycles. The van der Waals surface area contributed by atoms with Gasteiger partial charge in [0.2, 0.25) is 5.91 Å². The van der Waals surface area contributed by atoms with Crippen LogP contribution in [0.2, 0.25) is 0 Å². The molecule has 3 nitrogen and oxygen atoms in total. The first-order chi connectivity index (χ1) is 9.83. The molecule has 2 atom stereocenters. The number of rotatable bonds is 5. The molecule has 1 amide bonds. The Labute approximate surface area is 125 Å². The van der Waals surface area contributed by atoms with Crippen LogP contribution >= 0.6 is 11.3 Å². The van der Waals surface area contributed by atoms with E-state index in [0.29, 0.717) is 18.3 Å². The standard InChI is InChI=1S/C16H24N2OS/c19-15(10-12-7-8-17-11-12)18-16(13-4-1-2-5-13)14-6-3-9-20-14/h3,6,9,12-13,16-17H,1-2,4-5,7-8,10-11H2,(H,18,19). The second-order valence-corrected chi connectivity index (χ2v) is 7.15. The molecule has 2 unspecified atom stereocenters. The van der Waals surface area contributed by atoms with E-state index in [2.05, 4.69) is 28.1 Å². The number of nitrogens with one attached hydrogen (secondary N) is 2. The second-order valence-electron chi connectivity index (χ2n) is 6.17. The quantitative estimate of drug-likeness (QED) is 0.875. The molecule has 0 aromatic carbocycles. The minimum atomic E-state index is 0.240. The average molecular weight is 292 g/mol. The van der Waals surface area contributed by atoms with Crippen molar-refractivity contribution in [3.63, 3.8) is 0 Å². The highest BCUT2D eigenvalue weighted by atomic mass is 32.1. The van der Waals surface area contributed by atoms with Gasteiger partial charge in [0, 0.05) is 11.3 Å². The summed E-state index contributed by atoms with van der Waals surface area (Å²) in [4.78, 5) is 13.7. The van der Waals surface area contributed by atoms with E-state index in [1.807, 2.05) is 0 Å². The zero-order valence-electron chi connectivity index (χ0n) is 11.9. The van der Waals surface area contributed by atoms with Gasteiger partial charge in [0.15, 0.2) is 0 Å². The van der Waals surface area contributed by atoms with Crippen LogP contribution in [0, 0.1) is 11.8 Å². The summed E-state index contributed by atoms with van der Waals surface area (Å²) in [6, 6.07) is 4.51. The second kappa shape index (κ2) is 6.72. The molecule has 1 aliphatic carbocycles. The SMILES string of the molecule is O=C(CC1CCNC1)NC(c1cccs1)C1CCCC1. The van der Waals surface area contributed by atoms with Crippen LogP contribution in [0.15, 0.2) is 17.5 Å². The van der Waals surface area contributed by atoms with Crippen LogP contribution in [0.25, 0.3) is 0 Å². The van der Waals surface area contributed by atoms with Gasteiger partial charge in [0.05, 0.1) is 6.04 Å². The van der Waals surface area contributed by atoms with E-state index in [9.17, 15) is 4.79 Å². The highest BCUT2D eigenvalue weighted by Crippen LogP contribution is 2.37. The third-order valence-electron chi connectivity index (χ3n) is 4.67. The third-order valence-corrected chi connectivity index (χ3v) is 5.63. The number of thiophene rings is 1. The number of hydrogen-bond donors (Lipinski definition) is 2. The van der Waals surface area contributed by atoms with Crippen molar-refractivity contribution in [3.05, 3.63) is 22.4 Å². The Morgan fingerprint density at radius 2 is 2.25 bits per heavy atom. The van der Waals surface area contributed by atoms with E-state index in [0.717, 1.165) is 19.5 Å². The van der Waals surface area contributed by atoms with Crippen LogP contribution in [-0.2, 0) is 4.79 Å². The molecular formula is C16H24N2OS. The van der Waals surface area contributed by atoms with Gasteiger partial charge < -0.3 is 10.6 Å². The zero-order valence-corrected chi connectivity index (χ0v) is 12.8. The Bertz CT molecular complexity index is 420. The molecule has 4 heteroatoms. The smallest absolute Gasteiger partial charge is 0.220 e. The summed E-state index contributed by atoms with van der Waals surface area (Å²) in [6.45, 7) is 2.06. The normalized spacial score (nSPS) is 24.9. The van der Waals surface area contributed by atoms with Crippen molar-refractivity contribution in [2.45, 2.75) is 44.6 Å². The van der Waals surface area contributed by atoms with Crippen molar-refractivity contribution in [1.82, 2.24) is 10.6 Å². The molecule has 0 radical (unpaired) electrons. The molecule has 1 saturated carbocycles. The van der Waals surface area contributed by atoms with Crippen molar-refractivity contribution in [2.24, 2.45) is 11.8 Å². The summed E-state index contributed by atoms with van der Waals surface area (Å²) < 4.78 is 0. The molecule has 0 spiro atoms. The maximum absolute atomic E-state index is 12.3. The summed E-state index contributed by atoms with van der Waals surface area (Å²) in [5.74, 6) is 1.41. The highest BCUT2D eigenvalue weighted by Gasteiger charge is 2.29. The Morgan fingerprint density at radius 3 is 2.90 bits per heavy atom. The molecule has 1 aliphatic heterocycles. The van der Waals surface area contributed by atoms with Gasteiger partial charge in [-0.25, -0.2) is 0 Å². The van der Waals surface area contributed by atoms with Crippen molar-refractivity contribution < 1.29 is 4.79 Å². The topological polar surface area (TPSA) is 41.1 Å². The van der Waals surface area contributed by atoms with E-state index < -0.39 is 0 Å². The first kappa shape index (κ1) is 14.1. The molecule has 1 aromatic rings. The maximum atomic E-state index is 12.3. The van der Waals surface area contributed by atoms with Crippen LogP contribution in [-0.4, -0.2) is 19.0 Å². The zero-order chi connectivity index (χ0) is 13.8. The summed E-state index contributed by atoms with van der Waals surface area (Å²) >= 11 is 1.78. The van der Waals surface area contributed by atoms with E-state index in [1.54, 1.807) is 11.3 Å². The van der Waals surface area contributed by atoms with Crippen molar-refractivity contribution in [3.8, 4) is 0 Å². The maximum Gasteiger partial charge on any atom is 0.220 e. The molecule has 2 aliphatic rings. The molecular weight excluding hydrogens is 268 g/mol. The lowest BCUT2D eigenvalue weighted by Gasteiger charge is -2.24. The van der Waals surface area contributed by atoms with Gasteiger partial charge in [0.1, 0.15) is 0 Å². The summed E-state index contributed by atoms with van der Waals surface area (Å²) in [5.41, 5.74) is 0. The van der Waals surface area contributed by atoms with Crippen molar-refractivity contribution >= 4 is 17.2 Å². The summed E-state index contributed by atoms with van der Waals surface area (Å²) in [5, 5.41) is 8.78. The van der Waals surface area contributed by atoms with Gasteiger partial charge in [-0.2, -0.15) is 0 Å². The predicted molar refractivity (Wildman–Crippen MR) is 82.8 cm³/mol. The Morgan fingerprint density at radius 1 is 1.40 bits per heavy atom. The van der Waals surface area contributed by atoms with Crippen LogP contribution < -0.4 is 10.6 Å². The fourth-order valence-corrected chi connectivity index (χ4v) is 4.43. The lowest BCUT2D eigenvalue weighted by molar-refractivity contribution is -0.123. The van der Waals surface area contributed by atoms with Gasteiger partial charge in [-0.1, -0.05) is 18.9 Å². The van der Waals surface area contributed by atoms with Crippen LogP contribution in [0.1, 0.15) is 49.4 Å². The Hall–Kier alpha value is -0.870. The van der Waals surface area contributed by atoms with E-state index >= 15 is 0 Å². The van der Waals surface area contributed by atoms with Gasteiger partial charge >= 0.3 is 0 Å². The Kier molecular flexibility index (Phi) is 4.73. The molecule has 2 N–H and O–H groups in total. The number of amides is 1. The first-order valence-electron chi connectivity index (χ1n) is 7.86. The number of carbonyl (C=O) groups is 1. The molecule has 3 rings (SSSR count). The Balaban J connectivity index is 1.61. The predicted octanol–water partition coefficient (Wildman–Crippen LogP) is 3.10. The van der Waals surface area contributed by atoms with Gasteiger partial charge in [0.25, 0.3) is 0 Å². The lowest BCUT2D eigenvalue weighted by Crippen LogP contribution is -2.33. The summed E-state index contributed by atoms with van der Waals surface area (Å²) in [6.07, 6.45) is 6.97. The van der Waals surface area contributed by atoms with Gasteiger partial charge in [-0.15, -0.1) is 11.3 Å². The van der Waals surface area contributed by atoms with Crippen LogP contribution in [0.4, 0.5) is 0 Å². The number of hydrogen-bond acceptors (Lipinski definition) is 3.